The molecule has 8 nitrogen and oxygen atoms in total. The number of amides is 2. The normalized spacial score (nSPS) is 17.9. The largest absolute Gasteiger partial charge is 0.457 e. The first-order valence-electron chi connectivity index (χ1n) is 11.7. The van der Waals surface area contributed by atoms with Gasteiger partial charge in [-0.1, -0.05) is 36.4 Å². The van der Waals surface area contributed by atoms with Crippen LogP contribution in [0.25, 0.3) is 0 Å². The van der Waals surface area contributed by atoms with Crippen molar-refractivity contribution in [2.45, 2.75) is 12.5 Å². The number of guanidine groups is 1. The van der Waals surface area contributed by atoms with Gasteiger partial charge in [0, 0.05) is 37.6 Å². The van der Waals surface area contributed by atoms with Gasteiger partial charge in [-0.3, -0.25) is 14.9 Å². The number of carbonyl (C=O) groups is 2. The Morgan fingerprint density at radius 3 is 2.11 bits per heavy atom. The van der Waals surface area contributed by atoms with Crippen molar-refractivity contribution in [3.05, 3.63) is 84.9 Å². The molecule has 1 fully saturated rings. The predicted molar refractivity (Wildman–Crippen MR) is 136 cm³/mol. The summed E-state index contributed by atoms with van der Waals surface area (Å²) in [5.74, 6) is 1.37. The van der Waals surface area contributed by atoms with E-state index in [1.807, 2.05) is 53.4 Å². The second-order valence-corrected chi connectivity index (χ2v) is 8.46. The van der Waals surface area contributed by atoms with Crippen LogP contribution in [-0.4, -0.2) is 54.9 Å². The summed E-state index contributed by atoms with van der Waals surface area (Å²) < 4.78 is 5.79. The number of carbonyl (C=O) groups excluding carboxylic acids is 2. The van der Waals surface area contributed by atoms with Gasteiger partial charge in [-0.2, -0.15) is 0 Å². The lowest BCUT2D eigenvalue weighted by atomic mass is 10.1. The molecule has 3 aromatic carbocycles. The number of piperazine rings is 1. The number of rotatable bonds is 5. The molecule has 0 spiro atoms. The monoisotopic (exact) mass is 469 g/mol. The van der Waals surface area contributed by atoms with Crippen LogP contribution >= 0.6 is 0 Å². The minimum absolute atomic E-state index is 0.0223. The van der Waals surface area contributed by atoms with E-state index in [2.05, 4.69) is 32.7 Å². The zero-order chi connectivity index (χ0) is 24.0. The van der Waals surface area contributed by atoms with Crippen molar-refractivity contribution >= 4 is 29.1 Å². The maximum atomic E-state index is 12.9. The van der Waals surface area contributed by atoms with E-state index < -0.39 is 6.04 Å². The number of para-hydroxylation sites is 2. The van der Waals surface area contributed by atoms with Gasteiger partial charge in [0.25, 0.3) is 0 Å². The van der Waals surface area contributed by atoms with Crippen LogP contribution in [0.3, 0.4) is 0 Å². The molecule has 1 atom stereocenters. The highest BCUT2D eigenvalue weighted by atomic mass is 16.5. The molecule has 1 saturated heterocycles. The SMILES string of the molecule is O=C1CC(C(=O)Nc2ccc(Oc3ccccc3)cc2)N=C(N2CCN(c3ccccc3)CC2)N1. The Morgan fingerprint density at radius 2 is 1.43 bits per heavy atom. The Bertz CT molecular complexity index is 1190. The molecule has 0 radical (unpaired) electrons. The third-order valence-electron chi connectivity index (χ3n) is 6.01. The number of ether oxygens (including phenoxy) is 1. The lowest BCUT2D eigenvalue weighted by molar-refractivity contribution is -0.125. The van der Waals surface area contributed by atoms with Gasteiger partial charge in [0.05, 0.1) is 6.42 Å². The Morgan fingerprint density at radius 1 is 0.829 bits per heavy atom. The summed E-state index contributed by atoms with van der Waals surface area (Å²) in [5.41, 5.74) is 1.80. The van der Waals surface area contributed by atoms with Gasteiger partial charge < -0.3 is 19.9 Å². The fraction of sp³-hybridized carbons (Fsp3) is 0.222. The van der Waals surface area contributed by atoms with Gasteiger partial charge in [-0.15, -0.1) is 0 Å². The first-order chi connectivity index (χ1) is 17.1. The fourth-order valence-electron chi connectivity index (χ4n) is 4.16. The van der Waals surface area contributed by atoms with Crippen LogP contribution in [0.2, 0.25) is 0 Å². The number of hydrogen-bond donors (Lipinski definition) is 2. The lowest BCUT2D eigenvalue weighted by Crippen LogP contribution is -2.56. The summed E-state index contributed by atoms with van der Waals surface area (Å²) in [5, 5.41) is 5.71. The number of aliphatic imine (C=N–C) groups is 1. The molecule has 8 heteroatoms. The quantitative estimate of drug-likeness (QED) is 0.598. The minimum atomic E-state index is -0.772. The molecular formula is C27H27N5O3. The molecule has 178 valence electrons. The van der Waals surface area contributed by atoms with E-state index in [0.717, 1.165) is 18.8 Å². The molecule has 5 rings (SSSR count). The molecule has 0 saturated carbocycles. The van der Waals surface area contributed by atoms with Crippen molar-refractivity contribution in [2.75, 3.05) is 36.4 Å². The van der Waals surface area contributed by atoms with Crippen LogP contribution in [0.4, 0.5) is 11.4 Å². The number of hydrogen-bond acceptors (Lipinski definition) is 6. The second-order valence-electron chi connectivity index (χ2n) is 8.46. The number of nitrogens with zero attached hydrogens (tertiary/aromatic N) is 3. The molecule has 3 aromatic rings. The first-order valence-corrected chi connectivity index (χ1v) is 11.7. The van der Waals surface area contributed by atoms with Crippen molar-refractivity contribution in [3.8, 4) is 11.5 Å². The predicted octanol–water partition coefficient (Wildman–Crippen LogP) is 3.48. The molecule has 1 unspecified atom stereocenters. The Kier molecular flexibility index (Phi) is 6.61. The van der Waals surface area contributed by atoms with Crippen LogP contribution in [0, 0.1) is 0 Å². The van der Waals surface area contributed by atoms with Gasteiger partial charge in [-0.05, 0) is 48.5 Å². The highest BCUT2D eigenvalue weighted by Crippen LogP contribution is 2.23. The molecule has 0 aliphatic carbocycles. The van der Waals surface area contributed by atoms with E-state index >= 15 is 0 Å². The first kappa shape index (κ1) is 22.5. The Hall–Kier alpha value is -4.33. The highest BCUT2D eigenvalue weighted by molar-refractivity contribution is 6.06. The van der Waals surface area contributed by atoms with Crippen molar-refractivity contribution < 1.29 is 14.3 Å². The molecule has 0 aromatic heterocycles. The molecule has 2 aliphatic heterocycles. The molecule has 0 bridgehead atoms. The van der Waals surface area contributed by atoms with Gasteiger partial charge >= 0.3 is 0 Å². The summed E-state index contributed by atoms with van der Waals surface area (Å²) in [6, 6.07) is 26.1. The minimum Gasteiger partial charge on any atom is -0.457 e. The van der Waals surface area contributed by atoms with E-state index in [1.165, 1.54) is 5.69 Å². The summed E-state index contributed by atoms with van der Waals surface area (Å²) >= 11 is 0. The van der Waals surface area contributed by atoms with Crippen molar-refractivity contribution in [2.24, 2.45) is 4.99 Å². The fourth-order valence-corrected chi connectivity index (χ4v) is 4.16. The number of nitrogens with one attached hydrogen (secondary N) is 2. The van der Waals surface area contributed by atoms with Crippen LogP contribution in [0.1, 0.15) is 6.42 Å². The van der Waals surface area contributed by atoms with E-state index in [0.29, 0.717) is 30.5 Å². The average molecular weight is 470 g/mol. The van der Waals surface area contributed by atoms with E-state index in [1.54, 1.807) is 24.3 Å². The smallest absolute Gasteiger partial charge is 0.249 e. The lowest BCUT2D eigenvalue weighted by Gasteiger charge is -2.38. The van der Waals surface area contributed by atoms with E-state index in [-0.39, 0.29) is 18.2 Å². The maximum absolute atomic E-state index is 12.9. The third kappa shape index (κ3) is 5.60. The van der Waals surface area contributed by atoms with Gasteiger partial charge in [-0.25, -0.2) is 4.99 Å². The molecule has 2 heterocycles. The topological polar surface area (TPSA) is 86.3 Å². The number of anilines is 2. The highest BCUT2D eigenvalue weighted by Gasteiger charge is 2.30. The molecule has 2 aliphatic rings. The summed E-state index contributed by atoms with van der Waals surface area (Å²) in [7, 11) is 0. The second kappa shape index (κ2) is 10.3. The van der Waals surface area contributed by atoms with Crippen molar-refractivity contribution in [3.63, 3.8) is 0 Å². The standard InChI is InChI=1S/C27H27N5O3/c33-25-19-24(26(34)28-20-11-13-23(14-12-20)35-22-9-5-2-6-10-22)29-27(30-25)32-17-15-31(16-18-32)21-7-3-1-4-8-21/h1-14,24H,15-19H2,(H,28,34)(H,29,30,33). The molecule has 35 heavy (non-hydrogen) atoms. The maximum Gasteiger partial charge on any atom is 0.249 e. The molecule has 2 N–H and O–H groups in total. The summed E-state index contributed by atoms with van der Waals surface area (Å²) in [4.78, 5) is 34.2. The number of benzene rings is 3. The van der Waals surface area contributed by atoms with Crippen molar-refractivity contribution in [1.82, 2.24) is 10.2 Å². The van der Waals surface area contributed by atoms with E-state index in [4.69, 9.17) is 4.74 Å². The van der Waals surface area contributed by atoms with E-state index in [9.17, 15) is 9.59 Å². The zero-order valence-corrected chi connectivity index (χ0v) is 19.3. The molecule has 2 amide bonds. The third-order valence-corrected chi connectivity index (χ3v) is 6.01. The van der Waals surface area contributed by atoms with Gasteiger partial charge in [0.2, 0.25) is 17.8 Å². The van der Waals surface area contributed by atoms with Crippen molar-refractivity contribution in [1.29, 1.82) is 0 Å². The van der Waals surface area contributed by atoms with Crippen LogP contribution in [0.5, 0.6) is 11.5 Å². The Balaban J connectivity index is 1.19. The summed E-state index contributed by atoms with van der Waals surface area (Å²) in [6.45, 7) is 3.05. The van der Waals surface area contributed by atoms with Crippen LogP contribution in [-0.2, 0) is 9.59 Å². The van der Waals surface area contributed by atoms with Gasteiger partial charge in [0.1, 0.15) is 17.5 Å². The Labute approximate surface area is 204 Å². The average Bonchev–Trinajstić information content (AvgIpc) is 2.91. The zero-order valence-electron chi connectivity index (χ0n) is 19.3. The van der Waals surface area contributed by atoms with Crippen LogP contribution < -0.4 is 20.3 Å². The molecular weight excluding hydrogens is 442 g/mol. The summed E-state index contributed by atoms with van der Waals surface area (Å²) in [6.07, 6.45) is 0.0223. The van der Waals surface area contributed by atoms with Gasteiger partial charge in [0.15, 0.2) is 0 Å². The van der Waals surface area contributed by atoms with Crippen LogP contribution in [0.15, 0.2) is 89.9 Å².